The number of benzene rings is 1. The average Bonchev–Trinajstić information content (AvgIpc) is 2.95. The molecule has 25 heavy (non-hydrogen) atoms. The number of aromatic nitrogens is 2. The maximum absolute atomic E-state index is 13.9. The van der Waals surface area contributed by atoms with E-state index in [1.807, 2.05) is 29.8 Å². The molecule has 1 aromatic heterocycles. The van der Waals surface area contributed by atoms with E-state index in [4.69, 9.17) is 0 Å². The predicted octanol–water partition coefficient (Wildman–Crippen LogP) is 3.27. The Hall–Kier alpha value is -1.98. The molecule has 0 aliphatic carbocycles. The van der Waals surface area contributed by atoms with Crippen LogP contribution < -0.4 is 5.32 Å². The van der Waals surface area contributed by atoms with E-state index in [1.165, 1.54) is 5.56 Å². The predicted molar refractivity (Wildman–Crippen MR) is 98.7 cm³/mol. The Labute approximate surface area is 149 Å². The Morgan fingerprint density at radius 3 is 3.00 bits per heavy atom. The van der Waals surface area contributed by atoms with Crippen LogP contribution >= 0.6 is 0 Å². The van der Waals surface area contributed by atoms with Gasteiger partial charge in [0.1, 0.15) is 5.82 Å². The minimum atomic E-state index is -0.108. The lowest BCUT2D eigenvalue weighted by molar-refractivity contribution is 0.181. The van der Waals surface area contributed by atoms with Gasteiger partial charge in [-0.15, -0.1) is 6.58 Å². The van der Waals surface area contributed by atoms with Crippen LogP contribution in [0, 0.1) is 12.7 Å². The number of nitrogens with one attached hydrogen (secondary N) is 1. The number of halogens is 1. The van der Waals surface area contributed by atoms with Crippen LogP contribution in [-0.2, 0) is 19.6 Å². The van der Waals surface area contributed by atoms with Crippen LogP contribution in [0.25, 0.3) is 0 Å². The summed E-state index contributed by atoms with van der Waals surface area (Å²) in [5.41, 5.74) is 3.08. The molecule has 1 aliphatic rings. The topological polar surface area (TPSA) is 33.1 Å². The van der Waals surface area contributed by atoms with E-state index in [0.717, 1.165) is 50.3 Å². The Balaban J connectivity index is 1.53. The quantitative estimate of drug-likeness (QED) is 0.784. The van der Waals surface area contributed by atoms with Crippen molar-refractivity contribution in [3.63, 3.8) is 0 Å². The molecule has 1 aliphatic heterocycles. The van der Waals surface area contributed by atoms with Crippen molar-refractivity contribution >= 4 is 0 Å². The molecule has 1 saturated heterocycles. The standard InChI is InChI=1S/C20H27FN4/c1-3-10-25-14-18(16(2)23-25)12-22-19-8-6-11-24(15-19)13-17-7-4-5-9-20(17)21/h3-5,7,9,14,19,22H,1,6,8,10-13,15H2,2H3/t19-/m0/s1. The van der Waals surface area contributed by atoms with Crippen molar-refractivity contribution in [2.75, 3.05) is 13.1 Å². The third-order valence-electron chi connectivity index (χ3n) is 4.80. The van der Waals surface area contributed by atoms with Gasteiger partial charge in [-0.3, -0.25) is 9.58 Å². The molecule has 1 atom stereocenters. The van der Waals surface area contributed by atoms with Crippen molar-refractivity contribution < 1.29 is 4.39 Å². The molecule has 0 bridgehead atoms. The summed E-state index contributed by atoms with van der Waals surface area (Å²) in [6, 6.07) is 7.50. The van der Waals surface area contributed by atoms with Crippen LogP contribution in [0.1, 0.15) is 29.7 Å². The second-order valence-corrected chi connectivity index (χ2v) is 6.80. The molecule has 2 aromatic rings. The molecular formula is C20H27FN4. The normalized spacial score (nSPS) is 18.4. The average molecular weight is 342 g/mol. The molecule has 0 spiro atoms. The minimum Gasteiger partial charge on any atom is -0.309 e. The lowest BCUT2D eigenvalue weighted by Crippen LogP contribution is -2.45. The van der Waals surface area contributed by atoms with E-state index < -0.39 is 0 Å². The Kier molecular flexibility index (Phi) is 6.00. The highest BCUT2D eigenvalue weighted by Crippen LogP contribution is 2.16. The first-order valence-corrected chi connectivity index (χ1v) is 8.98. The minimum absolute atomic E-state index is 0.108. The molecule has 4 nitrogen and oxygen atoms in total. The first-order valence-electron chi connectivity index (χ1n) is 8.98. The zero-order valence-electron chi connectivity index (χ0n) is 14.9. The van der Waals surface area contributed by atoms with Crippen LogP contribution in [0.4, 0.5) is 4.39 Å². The molecule has 2 heterocycles. The fourth-order valence-corrected chi connectivity index (χ4v) is 3.45. The smallest absolute Gasteiger partial charge is 0.127 e. The molecule has 1 fully saturated rings. The van der Waals surface area contributed by atoms with Crippen LogP contribution in [0.15, 0.2) is 43.1 Å². The van der Waals surface area contributed by atoms with Gasteiger partial charge in [-0.05, 0) is 32.4 Å². The van der Waals surface area contributed by atoms with Gasteiger partial charge in [0, 0.05) is 43.0 Å². The van der Waals surface area contributed by atoms with Gasteiger partial charge in [0.2, 0.25) is 0 Å². The van der Waals surface area contributed by atoms with Crippen LogP contribution in [0.5, 0.6) is 0 Å². The number of hydrogen-bond acceptors (Lipinski definition) is 3. The van der Waals surface area contributed by atoms with Crippen molar-refractivity contribution in [3.8, 4) is 0 Å². The van der Waals surface area contributed by atoms with E-state index in [1.54, 1.807) is 12.1 Å². The molecule has 5 heteroatoms. The summed E-state index contributed by atoms with van der Waals surface area (Å²) in [4.78, 5) is 2.34. The summed E-state index contributed by atoms with van der Waals surface area (Å²) < 4.78 is 15.8. The summed E-state index contributed by atoms with van der Waals surface area (Å²) in [7, 11) is 0. The van der Waals surface area contributed by atoms with Crippen LogP contribution in [0.3, 0.4) is 0 Å². The monoisotopic (exact) mass is 342 g/mol. The first-order chi connectivity index (χ1) is 12.2. The summed E-state index contributed by atoms with van der Waals surface area (Å²) in [6.07, 6.45) is 6.24. The summed E-state index contributed by atoms with van der Waals surface area (Å²) in [5.74, 6) is -0.108. The van der Waals surface area contributed by atoms with Crippen molar-refractivity contribution in [3.05, 3.63) is 65.8 Å². The van der Waals surface area contributed by atoms with Crippen molar-refractivity contribution in [2.24, 2.45) is 0 Å². The molecule has 0 saturated carbocycles. The molecule has 0 amide bonds. The van der Waals surface area contributed by atoms with Crippen molar-refractivity contribution in [2.45, 2.75) is 45.4 Å². The Morgan fingerprint density at radius 2 is 2.20 bits per heavy atom. The number of piperidine rings is 1. The third-order valence-corrected chi connectivity index (χ3v) is 4.80. The highest BCUT2D eigenvalue weighted by Gasteiger charge is 2.20. The largest absolute Gasteiger partial charge is 0.309 e. The zero-order chi connectivity index (χ0) is 17.6. The van der Waals surface area contributed by atoms with Gasteiger partial charge in [0.05, 0.1) is 12.2 Å². The van der Waals surface area contributed by atoms with E-state index in [9.17, 15) is 4.39 Å². The van der Waals surface area contributed by atoms with Gasteiger partial charge in [0.15, 0.2) is 0 Å². The summed E-state index contributed by atoms with van der Waals surface area (Å²) in [5, 5.41) is 8.15. The maximum atomic E-state index is 13.9. The fraction of sp³-hybridized carbons (Fsp3) is 0.450. The molecule has 1 aromatic carbocycles. The van der Waals surface area contributed by atoms with Gasteiger partial charge in [-0.1, -0.05) is 24.3 Å². The summed E-state index contributed by atoms with van der Waals surface area (Å²) >= 11 is 0. The Morgan fingerprint density at radius 1 is 1.36 bits per heavy atom. The van der Waals surface area contributed by atoms with Crippen molar-refractivity contribution in [1.82, 2.24) is 20.0 Å². The SMILES string of the molecule is C=CCn1cc(CN[C@H]2CCCN(Cc3ccccc3F)C2)c(C)n1. The van der Waals surface area contributed by atoms with E-state index in [-0.39, 0.29) is 5.82 Å². The van der Waals surface area contributed by atoms with Crippen LogP contribution in [0.2, 0.25) is 0 Å². The summed E-state index contributed by atoms with van der Waals surface area (Å²) in [6.45, 7) is 10.0. The number of hydrogen-bond donors (Lipinski definition) is 1. The van der Waals surface area contributed by atoms with Gasteiger partial charge in [0.25, 0.3) is 0 Å². The van der Waals surface area contributed by atoms with E-state index >= 15 is 0 Å². The zero-order valence-corrected chi connectivity index (χ0v) is 14.9. The lowest BCUT2D eigenvalue weighted by Gasteiger charge is -2.33. The fourth-order valence-electron chi connectivity index (χ4n) is 3.45. The molecule has 0 radical (unpaired) electrons. The molecule has 134 valence electrons. The molecule has 0 unspecified atom stereocenters. The lowest BCUT2D eigenvalue weighted by atomic mass is 10.0. The Bertz CT molecular complexity index is 709. The maximum Gasteiger partial charge on any atom is 0.127 e. The first kappa shape index (κ1) is 17.8. The second-order valence-electron chi connectivity index (χ2n) is 6.80. The van der Waals surface area contributed by atoms with Gasteiger partial charge < -0.3 is 5.32 Å². The highest BCUT2D eigenvalue weighted by atomic mass is 19.1. The van der Waals surface area contributed by atoms with Crippen molar-refractivity contribution in [1.29, 1.82) is 0 Å². The highest BCUT2D eigenvalue weighted by molar-refractivity contribution is 5.17. The number of rotatable bonds is 7. The second kappa shape index (κ2) is 8.41. The molecule has 1 N–H and O–H groups in total. The van der Waals surface area contributed by atoms with E-state index in [0.29, 0.717) is 12.6 Å². The number of nitrogens with zero attached hydrogens (tertiary/aromatic N) is 3. The van der Waals surface area contributed by atoms with Gasteiger partial charge in [-0.25, -0.2) is 4.39 Å². The number of aryl methyl sites for hydroxylation is 1. The van der Waals surface area contributed by atoms with Gasteiger partial charge in [-0.2, -0.15) is 5.10 Å². The van der Waals surface area contributed by atoms with E-state index in [2.05, 4.69) is 28.1 Å². The molecular weight excluding hydrogens is 315 g/mol. The third kappa shape index (κ3) is 4.77. The number of allylic oxidation sites excluding steroid dienone is 1. The van der Waals surface area contributed by atoms with Gasteiger partial charge >= 0.3 is 0 Å². The van der Waals surface area contributed by atoms with Crippen LogP contribution in [-0.4, -0.2) is 33.8 Å². The number of likely N-dealkylation sites (tertiary alicyclic amines) is 1. The molecule has 3 rings (SSSR count).